The van der Waals surface area contributed by atoms with E-state index in [2.05, 4.69) is 11.8 Å². The first-order chi connectivity index (χ1) is 10.3. The number of amides is 1. The molecule has 0 aromatic rings. The first-order valence-electron chi connectivity index (χ1n) is 8.21. The Morgan fingerprint density at radius 1 is 1.29 bits per heavy atom. The molecule has 2 fully saturated rings. The molecule has 3 heterocycles. The molecule has 3 rings (SSSR count). The Morgan fingerprint density at radius 3 is 2.76 bits per heavy atom. The first kappa shape index (κ1) is 14.9. The van der Waals surface area contributed by atoms with Gasteiger partial charge in [0.25, 0.3) is 5.91 Å². The summed E-state index contributed by atoms with van der Waals surface area (Å²) in [4.78, 5) is 17.2. The summed E-state index contributed by atoms with van der Waals surface area (Å²) in [5.41, 5.74) is 0.846. The van der Waals surface area contributed by atoms with E-state index in [1.165, 1.54) is 0 Å². The Labute approximate surface area is 126 Å². The van der Waals surface area contributed by atoms with Crippen molar-refractivity contribution in [1.29, 1.82) is 0 Å². The van der Waals surface area contributed by atoms with Crippen LogP contribution in [0.25, 0.3) is 0 Å². The summed E-state index contributed by atoms with van der Waals surface area (Å²) in [5, 5.41) is 0. The molecule has 118 valence electrons. The van der Waals surface area contributed by atoms with Crippen LogP contribution >= 0.6 is 0 Å². The van der Waals surface area contributed by atoms with Crippen molar-refractivity contribution in [2.24, 2.45) is 5.92 Å². The molecule has 0 aliphatic carbocycles. The molecule has 2 atom stereocenters. The number of ether oxygens (including phenoxy) is 2. The van der Waals surface area contributed by atoms with Crippen LogP contribution in [0.3, 0.4) is 0 Å². The molecule has 1 amide bonds. The predicted octanol–water partition coefficient (Wildman–Crippen LogP) is 1.25. The summed E-state index contributed by atoms with van der Waals surface area (Å²) >= 11 is 0. The van der Waals surface area contributed by atoms with Crippen molar-refractivity contribution in [2.75, 3.05) is 46.0 Å². The molecule has 0 bridgehead atoms. The maximum absolute atomic E-state index is 12.6. The van der Waals surface area contributed by atoms with Crippen LogP contribution in [0.5, 0.6) is 0 Å². The zero-order valence-electron chi connectivity index (χ0n) is 12.9. The lowest BCUT2D eigenvalue weighted by atomic mass is 9.99. The minimum absolute atomic E-state index is 0.184. The molecule has 2 saturated heterocycles. The highest BCUT2D eigenvalue weighted by Gasteiger charge is 2.38. The van der Waals surface area contributed by atoms with Crippen molar-refractivity contribution in [3.05, 3.63) is 11.8 Å². The number of morpholine rings is 1. The van der Waals surface area contributed by atoms with Crippen molar-refractivity contribution in [3.63, 3.8) is 0 Å². The van der Waals surface area contributed by atoms with Gasteiger partial charge in [0.15, 0.2) is 0 Å². The van der Waals surface area contributed by atoms with Gasteiger partial charge in [-0.15, -0.1) is 0 Å². The molecule has 21 heavy (non-hydrogen) atoms. The van der Waals surface area contributed by atoms with Crippen LogP contribution in [0.15, 0.2) is 11.8 Å². The van der Waals surface area contributed by atoms with E-state index in [0.29, 0.717) is 12.0 Å². The fraction of sp³-hybridized carbons (Fsp3) is 0.812. The van der Waals surface area contributed by atoms with E-state index >= 15 is 0 Å². The average molecular weight is 294 g/mol. The number of nitrogens with zero attached hydrogens (tertiary/aromatic N) is 2. The monoisotopic (exact) mass is 294 g/mol. The summed E-state index contributed by atoms with van der Waals surface area (Å²) in [5.74, 6) is 0.765. The molecule has 0 N–H and O–H groups in total. The van der Waals surface area contributed by atoms with Gasteiger partial charge in [0, 0.05) is 32.2 Å². The van der Waals surface area contributed by atoms with Gasteiger partial charge in [-0.1, -0.05) is 13.3 Å². The molecule has 0 saturated carbocycles. The Bertz CT molecular complexity index is 404. The molecule has 5 nitrogen and oxygen atoms in total. The number of carbonyl (C=O) groups excluding carboxylic acids is 1. The zero-order chi connectivity index (χ0) is 14.7. The summed E-state index contributed by atoms with van der Waals surface area (Å²) in [6.07, 6.45) is 4.61. The quantitative estimate of drug-likeness (QED) is 0.785. The second kappa shape index (κ2) is 6.79. The van der Waals surface area contributed by atoms with Crippen molar-refractivity contribution in [3.8, 4) is 0 Å². The Kier molecular flexibility index (Phi) is 4.80. The molecule has 0 aromatic carbocycles. The molecule has 0 spiro atoms. The van der Waals surface area contributed by atoms with E-state index in [1.807, 2.05) is 4.90 Å². The Hall–Kier alpha value is -1.07. The van der Waals surface area contributed by atoms with Gasteiger partial charge in [-0.3, -0.25) is 9.69 Å². The van der Waals surface area contributed by atoms with Gasteiger partial charge in [0.05, 0.1) is 31.7 Å². The van der Waals surface area contributed by atoms with Crippen LogP contribution < -0.4 is 0 Å². The number of carbonyl (C=O) groups is 1. The van der Waals surface area contributed by atoms with E-state index in [9.17, 15) is 4.79 Å². The molecule has 3 aliphatic heterocycles. The van der Waals surface area contributed by atoms with Crippen LogP contribution in [-0.4, -0.2) is 67.7 Å². The Morgan fingerprint density at radius 2 is 2.10 bits per heavy atom. The van der Waals surface area contributed by atoms with Gasteiger partial charge in [-0.25, -0.2) is 0 Å². The molecule has 3 aliphatic rings. The van der Waals surface area contributed by atoms with Crippen molar-refractivity contribution < 1.29 is 14.3 Å². The summed E-state index contributed by atoms with van der Waals surface area (Å²) < 4.78 is 10.8. The minimum Gasteiger partial charge on any atom is -0.501 e. The van der Waals surface area contributed by atoms with E-state index in [1.54, 1.807) is 6.26 Å². The second-order valence-corrected chi connectivity index (χ2v) is 6.21. The summed E-state index contributed by atoms with van der Waals surface area (Å²) in [6, 6.07) is 0.493. The number of likely N-dealkylation sites (tertiary alicyclic amines) is 1. The third kappa shape index (κ3) is 3.24. The van der Waals surface area contributed by atoms with Gasteiger partial charge in [0.1, 0.15) is 0 Å². The third-order valence-corrected chi connectivity index (χ3v) is 4.94. The van der Waals surface area contributed by atoms with E-state index < -0.39 is 0 Å². The standard InChI is InChI=1S/C16H26N2O3/c1-2-13-10-18(16(19)14-4-3-7-21-12-14)11-15(13)17-5-8-20-9-6-17/h12-13,15H,2-11H2,1H3/t13-,15+/m1/s1. The van der Waals surface area contributed by atoms with Crippen LogP contribution in [0.4, 0.5) is 0 Å². The van der Waals surface area contributed by atoms with E-state index in [4.69, 9.17) is 9.47 Å². The minimum atomic E-state index is 0.184. The summed E-state index contributed by atoms with van der Waals surface area (Å²) in [7, 11) is 0. The van der Waals surface area contributed by atoms with Gasteiger partial charge in [-0.05, 0) is 18.8 Å². The van der Waals surface area contributed by atoms with Crippen molar-refractivity contribution in [2.45, 2.75) is 32.2 Å². The van der Waals surface area contributed by atoms with E-state index in [-0.39, 0.29) is 5.91 Å². The number of hydrogen-bond donors (Lipinski definition) is 0. The van der Waals surface area contributed by atoms with Crippen molar-refractivity contribution >= 4 is 5.91 Å². The SMILES string of the molecule is CC[C@@H]1CN(C(=O)C2=COCCC2)C[C@@H]1N1CCOCC1. The normalized spacial score (nSPS) is 30.9. The van der Waals surface area contributed by atoms with E-state index in [0.717, 1.165) is 70.8 Å². The van der Waals surface area contributed by atoms with Gasteiger partial charge in [0.2, 0.25) is 0 Å². The zero-order valence-corrected chi connectivity index (χ0v) is 12.9. The van der Waals surface area contributed by atoms with Crippen LogP contribution in [0.2, 0.25) is 0 Å². The largest absolute Gasteiger partial charge is 0.501 e. The fourth-order valence-electron chi connectivity index (χ4n) is 3.67. The first-order valence-corrected chi connectivity index (χ1v) is 8.21. The van der Waals surface area contributed by atoms with Crippen LogP contribution in [0, 0.1) is 5.92 Å². The lowest BCUT2D eigenvalue weighted by molar-refractivity contribution is -0.127. The lowest BCUT2D eigenvalue weighted by Gasteiger charge is -2.34. The lowest BCUT2D eigenvalue weighted by Crippen LogP contribution is -2.47. The smallest absolute Gasteiger partial charge is 0.252 e. The highest BCUT2D eigenvalue weighted by Crippen LogP contribution is 2.27. The highest BCUT2D eigenvalue weighted by atomic mass is 16.5. The second-order valence-electron chi connectivity index (χ2n) is 6.21. The number of hydrogen-bond acceptors (Lipinski definition) is 4. The molecule has 0 aromatic heterocycles. The molecule has 5 heteroatoms. The summed E-state index contributed by atoms with van der Waals surface area (Å²) in [6.45, 7) is 8.34. The van der Waals surface area contributed by atoms with Gasteiger partial charge in [-0.2, -0.15) is 0 Å². The molecular weight excluding hydrogens is 268 g/mol. The predicted molar refractivity (Wildman–Crippen MR) is 79.8 cm³/mol. The van der Waals surface area contributed by atoms with Gasteiger partial charge < -0.3 is 14.4 Å². The third-order valence-electron chi connectivity index (χ3n) is 4.94. The highest BCUT2D eigenvalue weighted by molar-refractivity contribution is 5.93. The molecule has 0 radical (unpaired) electrons. The van der Waals surface area contributed by atoms with Crippen molar-refractivity contribution in [1.82, 2.24) is 9.80 Å². The maximum Gasteiger partial charge on any atom is 0.252 e. The average Bonchev–Trinajstić information content (AvgIpc) is 3.00. The van der Waals surface area contributed by atoms with Crippen LogP contribution in [0.1, 0.15) is 26.2 Å². The molecule has 0 unspecified atom stereocenters. The van der Waals surface area contributed by atoms with Gasteiger partial charge >= 0.3 is 0 Å². The fourth-order valence-corrected chi connectivity index (χ4v) is 3.67. The Balaban J connectivity index is 1.65. The molecular formula is C16H26N2O3. The topological polar surface area (TPSA) is 42.0 Å². The van der Waals surface area contributed by atoms with Crippen LogP contribution in [-0.2, 0) is 14.3 Å². The number of rotatable bonds is 3. The maximum atomic E-state index is 12.6.